The third kappa shape index (κ3) is 4.20. The van der Waals surface area contributed by atoms with Gasteiger partial charge in [-0.1, -0.05) is 45.3 Å². The van der Waals surface area contributed by atoms with Crippen LogP contribution < -0.4 is 0 Å². The van der Waals surface area contributed by atoms with E-state index < -0.39 is 0 Å². The van der Waals surface area contributed by atoms with Crippen molar-refractivity contribution in [2.75, 3.05) is 0 Å². The molecule has 0 aromatic rings. The summed E-state index contributed by atoms with van der Waals surface area (Å²) in [6.45, 7) is 6.64. The van der Waals surface area contributed by atoms with E-state index in [-0.39, 0.29) is 17.5 Å². The molecule has 148 valence electrons. The highest BCUT2D eigenvalue weighted by Gasteiger charge is 2.60. The van der Waals surface area contributed by atoms with Crippen LogP contribution in [-0.4, -0.2) is 11.6 Å². The van der Waals surface area contributed by atoms with Gasteiger partial charge in [0, 0.05) is 5.92 Å². The normalized spacial score (nSPS) is 36.6. The molecule has 0 heterocycles. The first kappa shape index (κ1) is 20.0. The van der Waals surface area contributed by atoms with Gasteiger partial charge >= 0.3 is 5.97 Å². The van der Waals surface area contributed by atoms with Crippen LogP contribution in [0.25, 0.3) is 0 Å². The van der Waals surface area contributed by atoms with Gasteiger partial charge in [0.2, 0.25) is 0 Å². The number of ether oxygens (including phenoxy) is 1. The fourth-order valence-corrected chi connectivity index (χ4v) is 6.43. The second kappa shape index (κ2) is 8.93. The lowest BCUT2D eigenvalue weighted by Crippen LogP contribution is -2.43. The van der Waals surface area contributed by atoms with Gasteiger partial charge < -0.3 is 4.74 Å². The average molecular weight is 361 g/mol. The van der Waals surface area contributed by atoms with E-state index in [0.717, 1.165) is 56.3 Å². The number of hydrogen-bond donors (Lipinski definition) is 0. The van der Waals surface area contributed by atoms with E-state index in [1.165, 1.54) is 38.5 Å². The minimum Gasteiger partial charge on any atom is -0.459 e. The molecule has 0 aliphatic heterocycles. The number of carbonyl (C=O) groups is 1. The van der Waals surface area contributed by atoms with Crippen LogP contribution in [0.5, 0.6) is 0 Å². The average Bonchev–Trinajstić information content (AvgIpc) is 3.28. The number of esters is 1. The van der Waals surface area contributed by atoms with Crippen LogP contribution in [-0.2, 0) is 9.53 Å². The van der Waals surface area contributed by atoms with Crippen molar-refractivity contribution in [3.05, 3.63) is 12.2 Å². The lowest BCUT2D eigenvalue weighted by Gasteiger charge is -2.40. The lowest BCUT2D eigenvalue weighted by atomic mass is 9.73. The highest BCUT2D eigenvalue weighted by molar-refractivity contribution is 5.73. The Hall–Kier alpha value is -0.790. The van der Waals surface area contributed by atoms with Crippen molar-refractivity contribution in [3.63, 3.8) is 0 Å². The summed E-state index contributed by atoms with van der Waals surface area (Å²) in [4.78, 5) is 13.0. The predicted molar refractivity (Wildman–Crippen MR) is 108 cm³/mol. The van der Waals surface area contributed by atoms with Crippen molar-refractivity contribution in [1.82, 2.24) is 0 Å². The summed E-state index contributed by atoms with van der Waals surface area (Å²) in [5.74, 6) is 3.48. The standard InChI is InChI=1S/C24H40O2/c1-4-6-7-8-9-10-13-18(12-5-2)23(25)26-24(3)17-19-16-22(24)21-15-11-14-20(19)21/h7-8,18-22H,4-6,9-17H2,1-3H3. The van der Waals surface area contributed by atoms with Crippen molar-refractivity contribution in [2.45, 2.75) is 103 Å². The van der Waals surface area contributed by atoms with Gasteiger partial charge in [-0.15, -0.1) is 0 Å². The number of rotatable bonds is 10. The quantitative estimate of drug-likeness (QED) is 0.246. The Morgan fingerprint density at radius 1 is 1.12 bits per heavy atom. The smallest absolute Gasteiger partial charge is 0.309 e. The Morgan fingerprint density at radius 3 is 2.65 bits per heavy atom. The zero-order chi connectivity index (χ0) is 18.6. The lowest BCUT2D eigenvalue weighted by molar-refractivity contribution is -0.172. The molecule has 0 amide bonds. The molecule has 6 unspecified atom stereocenters. The molecule has 0 saturated heterocycles. The van der Waals surface area contributed by atoms with Gasteiger partial charge in [0.1, 0.15) is 5.60 Å². The second-order valence-corrected chi connectivity index (χ2v) is 9.48. The molecule has 2 nitrogen and oxygen atoms in total. The molecule has 3 fully saturated rings. The number of allylic oxidation sites excluding steroid dienone is 2. The molecule has 2 bridgehead atoms. The largest absolute Gasteiger partial charge is 0.459 e. The Bertz CT molecular complexity index is 496. The molecule has 26 heavy (non-hydrogen) atoms. The van der Waals surface area contributed by atoms with E-state index in [4.69, 9.17) is 4.74 Å². The van der Waals surface area contributed by atoms with E-state index in [1.54, 1.807) is 0 Å². The molecule has 3 aliphatic rings. The van der Waals surface area contributed by atoms with Crippen LogP contribution in [0, 0.1) is 29.6 Å². The first-order chi connectivity index (χ1) is 12.6. The van der Waals surface area contributed by atoms with Crippen LogP contribution >= 0.6 is 0 Å². The van der Waals surface area contributed by atoms with Crippen LogP contribution in [0.4, 0.5) is 0 Å². The topological polar surface area (TPSA) is 26.3 Å². The number of hydrogen-bond acceptors (Lipinski definition) is 2. The zero-order valence-electron chi connectivity index (χ0n) is 17.3. The first-order valence-corrected chi connectivity index (χ1v) is 11.5. The molecular weight excluding hydrogens is 320 g/mol. The summed E-state index contributed by atoms with van der Waals surface area (Å²) in [6.07, 6.45) is 18.8. The van der Waals surface area contributed by atoms with Gasteiger partial charge in [-0.25, -0.2) is 0 Å². The van der Waals surface area contributed by atoms with Crippen LogP contribution in [0.1, 0.15) is 97.8 Å². The molecule has 6 atom stereocenters. The fraction of sp³-hybridized carbons (Fsp3) is 0.875. The first-order valence-electron chi connectivity index (χ1n) is 11.5. The van der Waals surface area contributed by atoms with E-state index in [1.807, 2.05) is 0 Å². The maximum atomic E-state index is 13.0. The maximum absolute atomic E-state index is 13.0. The summed E-state index contributed by atoms with van der Waals surface area (Å²) < 4.78 is 6.29. The summed E-state index contributed by atoms with van der Waals surface area (Å²) in [5.41, 5.74) is -0.166. The van der Waals surface area contributed by atoms with Gasteiger partial charge in [-0.05, 0) is 82.5 Å². The Labute approximate surface area is 161 Å². The number of fused-ring (bicyclic) bond motifs is 5. The molecule has 0 aromatic carbocycles. The zero-order valence-corrected chi connectivity index (χ0v) is 17.3. The van der Waals surface area contributed by atoms with E-state index >= 15 is 0 Å². The van der Waals surface area contributed by atoms with Gasteiger partial charge in [0.05, 0.1) is 5.92 Å². The molecule has 3 saturated carbocycles. The van der Waals surface area contributed by atoms with Gasteiger partial charge in [-0.2, -0.15) is 0 Å². The minimum atomic E-state index is -0.166. The van der Waals surface area contributed by atoms with Gasteiger partial charge in [0.15, 0.2) is 0 Å². The minimum absolute atomic E-state index is 0.106. The molecular formula is C24H40O2. The maximum Gasteiger partial charge on any atom is 0.309 e. The van der Waals surface area contributed by atoms with Crippen molar-refractivity contribution >= 4 is 5.97 Å². The Kier molecular flexibility index (Phi) is 6.86. The summed E-state index contributed by atoms with van der Waals surface area (Å²) in [7, 11) is 0. The predicted octanol–water partition coefficient (Wildman–Crippen LogP) is 6.69. The highest BCUT2D eigenvalue weighted by Crippen LogP contribution is 2.63. The monoisotopic (exact) mass is 360 g/mol. The van der Waals surface area contributed by atoms with E-state index in [9.17, 15) is 4.79 Å². The molecule has 0 N–H and O–H groups in total. The number of carbonyl (C=O) groups excluding carboxylic acids is 1. The molecule has 0 aromatic heterocycles. The van der Waals surface area contributed by atoms with E-state index in [0.29, 0.717) is 5.92 Å². The fourth-order valence-electron chi connectivity index (χ4n) is 6.43. The summed E-state index contributed by atoms with van der Waals surface area (Å²) in [5, 5.41) is 0. The second-order valence-electron chi connectivity index (χ2n) is 9.48. The van der Waals surface area contributed by atoms with E-state index in [2.05, 4.69) is 32.9 Å². The highest BCUT2D eigenvalue weighted by atomic mass is 16.6. The van der Waals surface area contributed by atoms with Gasteiger partial charge in [0.25, 0.3) is 0 Å². The van der Waals surface area contributed by atoms with Crippen molar-refractivity contribution < 1.29 is 9.53 Å². The molecule has 3 rings (SSSR count). The van der Waals surface area contributed by atoms with Crippen LogP contribution in [0.2, 0.25) is 0 Å². The summed E-state index contributed by atoms with van der Waals surface area (Å²) >= 11 is 0. The van der Waals surface area contributed by atoms with Crippen molar-refractivity contribution in [2.24, 2.45) is 29.6 Å². The van der Waals surface area contributed by atoms with Crippen LogP contribution in [0.3, 0.4) is 0 Å². The SMILES string of the molecule is CCCC=CCCCC(CCC)C(=O)OC1(C)CC2CC1C1CCCC21. The van der Waals surface area contributed by atoms with Crippen molar-refractivity contribution in [3.8, 4) is 0 Å². The Balaban J connectivity index is 1.51. The van der Waals surface area contributed by atoms with Gasteiger partial charge in [-0.3, -0.25) is 4.79 Å². The number of unbranched alkanes of at least 4 members (excludes halogenated alkanes) is 2. The third-order valence-corrected chi connectivity index (χ3v) is 7.61. The van der Waals surface area contributed by atoms with Crippen LogP contribution in [0.15, 0.2) is 12.2 Å². The molecule has 0 radical (unpaired) electrons. The molecule has 2 heteroatoms. The van der Waals surface area contributed by atoms with Crippen molar-refractivity contribution in [1.29, 1.82) is 0 Å². The molecule has 0 spiro atoms. The summed E-state index contributed by atoms with van der Waals surface area (Å²) in [6, 6.07) is 0. The third-order valence-electron chi connectivity index (χ3n) is 7.61. The molecule has 3 aliphatic carbocycles. The Morgan fingerprint density at radius 2 is 1.88 bits per heavy atom.